The third-order valence-corrected chi connectivity index (χ3v) is 4.88. The van der Waals surface area contributed by atoms with Crippen molar-refractivity contribution in [3.05, 3.63) is 35.9 Å². The van der Waals surface area contributed by atoms with Gasteiger partial charge in [0.25, 0.3) is 0 Å². The van der Waals surface area contributed by atoms with Crippen molar-refractivity contribution in [2.24, 2.45) is 0 Å². The van der Waals surface area contributed by atoms with Crippen molar-refractivity contribution in [3.63, 3.8) is 0 Å². The molecule has 0 saturated carbocycles. The van der Waals surface area contributed by atoms with Gasteiger partial charge in [-0.3, -0.25) is 0 Å². The summed E-state index contributed by atoms with van der Waals surface area (Å²) in [7, 11) is 0. The first-order valence-electron chi connectivity index (χ1n) is 9.39. The van der Waals surface area contributed by atoms with Crippen molar-refractivity contribution in [1.82, 2.24) is 0 Å². The van der Waals surface area contributed by atoms with Crippen LogP contribution < -0.4 is 0 Å². The maximum atomic E-state index is 6.09. The second-order valence-electron chi connectivity index (χ2n) is 8.02. The normalized spacial score (nSPS) is 36.8. The Kier molecular flexibility index (Phi) is 5.28. The molecular formula is C20H28O7. The highest BCUT2D eigenvalue weighted by Gasteiger charge is 2.58. The Bertz CT molecular complexity index is 632. The standard InChI is InChI=1S/C20H28O7/c1-19(2)23-11-14(25-19)15-16(17-18(24-15)27-20(3,4)26-17)22-12-21-10-13-8-6-5-7-9-13/h5-9,14-18H,10-12H2,1-4H3/t14?,15-,16+,17?,18+/m1/s1. The molecule has 3 aliphatic rings. The Morgan fingerprint density at radius 3 is 2.44 bits per heavy atom. The molecular weight excluding hydrogens is 352 g/mol. The Morgan fingerprint density at radius 2 is 1.74 bits per heavy atom. The number of ether oxygens (including phenoxy) is 7. The number of hydrogen-bond donors (Lipinski definition) is 0. The molecule has 0 N–H and O–H groups in total. The molecule has 0 amide bonds. The summed E-state index contributed by atoms with van der Waals surface area (Å²) in [6, 6.07) is 9.97. The summed E-state index contributed by atoms with van der Waals surface area (Å²) in [6.45, 7) is 8.55. The first kappa shape index (κ1) is 19.3. The lowest BCUT2D eigenvalue weighted by Gasteiger charge is -2.28. The molecule has 7 heteroatoms. The monoisotopic (exact) mass is 380 g/mol. The van der Waals surface area contributed by atoms with Crippen LogP contribution in [0.2, 0.25) is 0 Å². The van der Waals surface area contributed by atoms with Crippen molar-refractivity contribution in [2.75, 3.05) is 13.4 Å². The molecule has 0 radical (unpaired) electrons. The molecule has 3 saturated heterocycles. The predicted octanol–water partition coefficient (Wildman–Crippen LogP) is 2.57. The largest absolute Gasteiger partial charge is 0.351 e. The van der Waals surface area contributed by atoms with E-state index in [1.807, 2.05) is 58.0 Å². The summed E-state index contributed by atoms with van der Waals surface area (Å²) >= 11 is 0. The highest BCUT2D eigenvalue weighted by Crippen LogP contribution is 2.41. The van der Waals surface area contributed by atoms with Gasteiger partial charge in [0, 0.05) is 0 Å². The fraction of sp³-hybridized carbons (Fsp3) is 0.700. The zero-order chi connectivity index (χ0) is 19.1. The van der Waals surface area contributed by atoms with Crippen LogP contribution in [0.4, 0.5) is 0 Å². The Balaban J connectivity index is 1.38. The lowest BCUT2D eigenvalue weighted by atomic mass is 10.1. The van der Waals surface area contributed by atoms with Crippen LogP contribution in [0.25, 0.3) is 0 Å². The van der Waals surface area contributed by atoms with Crippen molar-refractivity contribution in [2.45, 2.75) is 76.6 Å². The second kappa shape index (κ2) is 7.40. The van der Waals surface area contributed by atoms with Gasteiger partial charge in [0.05, 0.1) is 13.2 Å². The van der Waals surface area contributed by atoms with Crippen LogP contribution in [-0.4, -0.2) is 55.7 Å². The molecule has 0 spiro atoms. The molecule has 27 heavy (non-hydrogen) atoms. The molecule has 0 aliphatic carbocycles. The third kappa shape index (κ3) is 4.35. The first-order chi connectivity index (χ1) is 12.8. The fourth-order valence-corrected chi connectivity index (χ4v) is 3.73. The van der Waals surface area contributed by atoms with E-state index < -0.39 is 17.9 Å². The quantitative estimate of drug-likeness (QED) is 0.555. The molecule has 5 atom stereocenters. The Morgan fingerprint density at radius 1 is 0.963 bits per heavy atom. The van der Waals surface area contributed by atoms with Crippen LogP contribution in [0.3, 0.4) is 0 Å². The minimum Gasteiger partial charge on any atom is -0.351 e. The summed E-state index contributed by atoms with van der Waals surface area (Å²) in [6.07, 6.45) is -1.79. The number of rotatable bonds is 6. The molecule has 4 rings (SSSR count). The smallest absolute Gasteiger partial charge is 0.190 e. The average molecular weight is 380 g/mol. The highest BCUT2D eigenvalue weighted by molar-refractivity contribution is 5.13. The van der Waals surface area contributed by atoms with Crippen molar-refractivity contribution < 1.29 is 33.2 Å². The van der Waals surface area contributed by atoms with Gasteiger partial charge in [-0.1, -0.05) is 30.3 Å². The minimum atomic E-state index is -0.709. The van der Waals surface area contributed by atoms with Gasteiger partial charge in [-0.25, -0.2) is 0 Å². The minimum absolute atomic E-state index is 0.128. The molecule has 1 aromatic carbocycles. The molecule has 0 bridgehead atoms. The van der Waals surface area contributed by atoms with E-state index in [0.717, 1.165) is 5.56 Å². The summed E-state index contributed by atoms with van der Waals surface area (Å²) in [5.74, 6) is -1.35. The van der Waals surface area contributed by atoms with Crippen molar-refractivity contribution in [1.29, 1.82) is 0 Å². The number of benzene rings is 1. The molecule has 150 valence electrons. The van der Waals surface area contributed by atoms with E-state index in [1.54, 1.807) is 0 Å². The van der Waals surface area contributed by atoms with E-state index >= 15 is 0 Å². The van der Waals surface area contributed by atoms with Crippen LogP contribution in [0.1, 0.15) is 33.3 Å². The lowest BCUT2D eigenvalue weighted by Crippen LogP contribution is -2.44. The SMILES string of the molecule is CC1(C)OCC([C@H]2O[C@H]3OC(C)(C)OC3[C@H]2OCOCc2ccccc2)O1. The average Bonchev–Trinajstić information content (AvgIpc) is 3.22. The first-order valence-corrected chi connectivity index (χ1v) is 9.39. The number of hydrogen-bond acceptors (Lipinski definition) is 7. The van der Waals surface area contributed by atoms with Gasteiger partial charge < -0.3 is 33.2 Å². The van der Waals surface area contributed by atoms with Gasteiger partial charge in [-0.2, -0.15) is 0 Å². The summed E-state index contributed by atoms with van der Waals surface area (Å²) in [5.41, 5.74) is 1.09. The molecule has 2 unspecified atom stereocenters. The van der Waals surface area contributed by atoms with E-state index in [1.165, 1.54) is 0 Å². The van der Waals surface area contributed by atoms with Crippen molar-refractivity contribution in [3.8, 4) is 0 Å². The van der Waals surface area contributed by atoms with Crippen LogP contribution in [0.15, 0.2) is 30.3 Å². The van der Waals surface area contributed by atoms with Gasteiger partial charge in [0.1, 0.15) is 31.2 Å². The van der Waals surface area contributed by atoms with Crippen LogP contribution >= 0.6 is 0 Å². The van der Waals surface area contributed by atoms with Crippen LogP contribution in [0, 0.1) is 0 Å². The summed E-state index contributed by atoms with van der Waals surface area (Å²) in [4.78, 5) is 0. The van der Waals surface area contributed by atoms with Crippen molar-refractivity contribution >= 4 is 0 Å². The van der Waals surface area contributed by atoms with Gasteiger partial charge in [0.15, 0.2) is 17.9 Å². The van der Waals surface area contributed by atoms with Gasteiger partial charge in [-0.05, 0) is 33.3 Å². The molecule has 3 aliphatic heterocycles. The Hall–Kier alpha value is -1.06. The lowest BCUT2D eigenvalue weighted by molar-refractivity contribution is -0.242. The van der Waals surface area contributed by atoms with Crippen LogP contribution in [0.5, 0.6) is 0 Å². The van der Waals surface area contributed by atoms with Crippen LogP contribution in [-0.2, 0) is 39.8 Å². The van der Waals surface area contributed by atoms with Gasteiger partial charge in [-0.15, -0.1) is 0 Å². The summed E-state index contributed by atoms with van der Waals surface area (Å²) < 4.78 is 41.4. The third-order valence-electron chi connectivity index (χ3n) is 4.88. The summed E-state index contributed by atoms with van der Waals surface area (Å²) in [5, 5.41) is 0. The maximum Gasteiger partial charge on any atom is 0.190 e. The molecule has 0 aromatic heterocycles. The molecule has 1 aromatic rings. The zero-order valence-corrected chi connectivity index (χ0v) is 16.3. The van der Waals surface area contributed by atoms with Gasteiger partial charge in [0.2, 0.25) is 0 Å². The van der Waals surface area contributed by atoms with E-state index in [9.17, 15) is 0 Å². The maximum absolute atomic E-state index is 6.09. The van der Waals surface area contributed by atoms with E-state index in [-0.39, 0.29) is 31.2 Å². The number of fused-ring (bicyclic) bond motifs is 1. The highest BCUT2D eigenvalue weighted by atomic mass is 16.9. The molecule has 3 heterocycles. The molecule has 7 nitrogen and oxygen atoms in total. The fourth-order valence-electron chi connectivity index (χ4n) is 3.73. The van der Waals surface area contributed by atoms with E-state index in [0.29, 0.717) is 13.2 Å². The van der Waals surface area contributed by atoms with Gasteiger partial charge >= 0.3 is 0 Å². The topological polar surface area (TPSA) is 64.6 Å². The van der Waals surface area contributed by atoms with E-state index in [2.05, 4.69) is 0 Å². The zero-order valence-electron chi connectivity index (χ0n) is 16.3. The predicted molar refractivity (Wildman–Crippen MR) is 94.6 cm³/mol. The molecule has 3 fully saturated rings. The van der Waals surface area contributed by atoms with E-state index in [4.69, 9.17) is 33.2 Å². The second-order valence-corrected chi connectivity index (χ2v) is 8.02. The Labute approximate surface area is 159 Å².